The van der Waals surface area contributed by atoms with E-state index >= 15 is 0 Å². The van der Waals surface area contributed by atoms with Gasteiger partial charge in [0.05, 0.1) is 17.9 Å². The van der Waals surface area contributed by atoms with Gasteiger partial charge >= 0.3 is 5.97 Å². The Morgan fingerprint density at radius 1 is 1.16 bits per heavy atom. The van der Waals surface area contributed by atoms with Crippen molar-refractivity contribution in [2.45, 2.75) is 24.5 Å². The molecule has 0 saturated heterocycles. The van der Waals surface area contributed by atoms with Crippen LogP contribution in [0.3, 0.4) is 0 Å². The van der Waals surface area contributed by atoms with E-state index in [9.17, 15) is 13.2 Å². The minimum absolute atomic E-state index is 0.00146. The molecule has 25 heavy (non-hydrogen) atoms. The van der Waals surface area contributed by atoms with E-state index in [0.717, 1.165) is 22.5 Å². The number of ether oxygens (including phenoxy) is 1. The molecule has 0 bridgehead atoms. The topological polar surface area (TPSA) is 72.5 Å². The number of hydrogen-bond donors (Lipinski definition) is 1. The molecular weight excluding hydrogens is 358 g/mol. The first-order valence-corrected chi connectivity index (χ1v) is 10.0. The van der Waals surface area contributed by atoms with Crippen molar-refractivity contribution in [3.63, 3.8) is 0 Å². The predicted octanol–water partition coefficient (Wildman–Crippen LogP) is 2.69. The van der Waals surface area contributed by atoms with Gasteiger partial charge in [-0.15, -0.1) is 11.3 Å². The molecule has 0 radical (unpaired) electrons. The number of hydrogen-bond acceptors (Lipinski definition) is 5. The van der Waals surface area contributed by atoms with E-state index in [2.05, 4.69) is 16.6 Å². The van der Waals surface area contributed by atoms with E-state index in [4.69, 9.17) is 4.74 Å². The van der Waals surface area contributed by atoms with Crippen molar-refractivity contribution in [2.75, 3.05) is 13.2 Å². The van der Waals surface area contributed by atoms with Crippen LogP contribution in [0.4, 0.5) is 0 Å². The molecule has 0 unspecified atom stereocenters. The van der Waals surface area contributed by atoms with E-state index in [1.165, 1.54) is 6.07 Å². The van der Waals surface area contributed by atoms with Crippen molar-refractivity contribution in [1.82, 2.24) is 4.72 Å². The van der Waals surface area contributed by atoms with E-state index in [-0.39, 0.29) is 23.8 Å². The van der Waals surface area contributed by atoms with Gasteiger partial charge in [-0.25, -0.2) is 13.1 Å². The van der Waals surface area contributed by atoms with Crippen LogP contribution in [0.2, 0.25) is 0 Å². The first-order chi connectivity index (χ1) is 11.9. The fourth-order valence-corrected chi connectivity index (χ4v) is 4.13. The van der Waals surface area contributed by atoms with Crippen LogP contribution in [-0.2, 0) is 19.6 Å². The second-order valence-corrected chi connectivity index (χ2v) is 8.27. The molecule has 0 atom stereocenters. The molecule has 0 saturated carbocycles. The molecule has 2 aromatic rings. The van der Waals surface area contributed by atoms with Crippen LogP contribution < -0.4 is 4.72 Å². The zero-order chi connectivity index (χ0) is 18.3. The van der Waals surface area contributed by atoms with Crippen LogP contribution in [0.5, 0.6) is 0 Å². The highest BCUT2D eigenvalue weighted by Crippen LogP contribution is 2.20. The largest absolute Gasteiger partial charge is 0.466 e. The quantitative estimate of drug-likeness (QED) is 0.621. The lowest BCUT2D eigenvalue weighted by Gasteiger charge is -2.04. The molecule has 2 rings (SSSR count). The number of rotatable bonds is 6. The van der Waals surface area contributed by atoms with Gasteiger partial charge in [0.1, 0.15) is 4.21 Å². The summed E-state index contributed by atoms with van der Waals surface area (Å²) in [7, 11) is -3.65. The smallest absolute Gasteiger partial charge is 0.307 e. The maximum absolute atomic E-state index is 12.2. The molecular formula is C18H19NO4S2. The fourth-order valence-electron chi connectivity index (χ4n) is 1.89. The Bertz CT molecular complexity index is 887. The SMILES string of the molecule is CCOC(=O)CCNS(=O)(=O)c1ccc(C#Cc2ccc(C)cc2)s1. The Hall–Kier alpha value is -2.14. The predicted molar refractivity (Wildman–Crippen MR) is 97.9 cm³/mol. The molecule has 7 heteroatoms. The Morgan fingerprint density at radius 3 is 2.56 bits per heavy atom. The average Bonchev–Trinajstić information content (AvgIpc) is 3.04. The molecule has 0 fully saturated rings. The lowest BCUT2D eigenvalue weighted by Crippen LogP contribution is -2.26. The van der Waals surface area contributed by atoms with Gasteiger partial charge in [-0.2, -0.15) is 0 Å². The van der Waals surface area contributed by atoms with Gasteiger partial charge in [-0.3, -0.25) is 4.79 Å². The third-order valence-corrected chi connectivity index (χ3v) is 6.11. The van der Waals surface area contributed by atoms with Gasteiger partial charge in [0, 0.05) is 12.1 Å². The molecule has 1 aromatic heterocycles. The maximum atomic E-state index is 12.2. The van der Waals surface area contributed by atoms with Gasteiger partial charge in [-0.05, 0) is 38.1 Å². The van der Waals surface area contributed by atoms with E-state index < -0.39 is 16.0 Å². The Kier molecular flexibility index (Phi) is 6.76. The highest BCUT2D eigenvalue weighted by molar-refractivity contribution is 7.91. The molecule has 0 aliphatic heterocycles. The molecule has 0 spiro atoms. The van der Waals surface area contributed by atoms with Crippen LogP contribution in [0.25, 0.3) is 0 Å². The van der Waals surface area contributed by atoms with E-state index in [1.54, 1.807) is 13.0 Å². The highest BCUT2D eigenvalue weighted by Gasteiger charge is 2.16. The Labute approximate surface area is 152 Å². The molecule has 0 aliphatic rings. The number of sulfonamides is 1. The van der Waals surface area contributed by atoms with Crippen molar-refractivity contribution < 1.29 is 17.9 Å². The first-order valence-electron chi connectivity index (χ1n) is 7.74. The number of carbonyl (C=O) groups excluding carboxylic acids is 1. The summed E-state index contributed by atoms with van der Waals surface area (Å²) in [5.74, 6) is 5.55. The summed E-state index contributed by atoms with van der Waals surface area (Å²) in [6.07, 6.45) is -0.00146. The zero-order valence-corrected chi connectivity index (χ0v) is 15.7. The summed E-state index contributed by atoms with van der Waals surface area (Å²) in [5.41, 5.74) is 2.03. The minimum Gasteiger partial charge on any atom is -0.466 e. The van der Waals surface area contributed by atoms with Crippen molar-refractivity contribution in [1.29, 1.82) is 0 Å². The molecule has 1 heterocycles. The number of esters is 1. The third kappa shape index (κ3) is 6.02. The second kappa shape index (κ2) is 8.81. The van der Waals surface area contributed by atoms with E-state index in [0.29, 0.717) is 4.88 Å². The van der Waals surface area contributed by atoms with Crippen molar-refractivity contribution in [2.24, 2.45) is 0 Å². The second-order valence-electron chi connectivity index (χ2n) is 5.19. The Balaban J connectivity index is 2.00. The van der Waals surface area contributed by atoms with Crippen LogP contribution >= 0.6 is 11.3 Å². The standard InChI is InChI=1S/C18H19NO4S2/c1-3-23-17(20)12-13-19-25(21,22)18-11-10-16(24-18)9-8-15-6-4-14(2)5-7-15/h4-7,10-11,19H,3,12-13H2,1-2H3. The molecule has 5 nitrogen and oxygen atoms in total. The number of aryl methyl sites for hydroxylation is 1. The van der Waals surface area contributed by atoms with Gasteiger partial charge < -0.3 is 4.74 Å². The average molecular weight is 377 g/mol. The van der Waals surface area contributed by atoms with Crippen molar-refractivity contribution >= 4 is 27.3 Å². The molecule has 0 aliphatic carbocycles. The summed E-state index contributed by atoms with van der Waals surface area (Å²) < 4.78 is 31.7. The van der Waals surface area contributed by atoms with Crippen LogP contribution in [-0.4, -0.2) is 27.5 Å². The normalized spacial score (nSPS) is 10.8. The summed E-state index contributed by atoms with van der Waals surface area (Å²) in [4.78, 5) is 11.9. The summed E-state index contributed by atoms with van der Waals surface area (Å²) in [5, 5.41) is 0. The monoisotopic (exact) mass is 377 g/mol. The number of carbonyl (C=O) groups is 1. The third-order valence-electron chi connectivity index (χ3n) is 3.15. The number of nitrogens with one attached hydrogen (secondary N) is 1. The summed E-state index contributed by atoms with van der Waals surface area (Å²) in [6, 6.07) is 11.0. The molecule has 0 amide bonds. The van der Waals surface area contributed by atoms with Gasteiger partial charge in [0.25, 0.3) is 0 Å². The number of thiophene rings is 1. The maximum Gasteiger partial charge on any atom is 0.307 e. The van der Waals surface area contributed by atoms with Crippen molar-refractivity contribution in [3.05, 3.63) is 52.4 Å². The summed E-state index contributed by atoms with van der Waals surface area (Å²) >= 11 is 1.09. The van der Waals surface area contributed by atoms with Crippen LogP contribution in [0.1, 0.15) is 29.3 Å². The van der Waals surface area contributed by atoms with Crippen LogP contribution in [0.15, 0.2) is 40.6 Å². The Morgan fingerprint density at radius 2 is 1.88 bits per heavy atom. The molecule has 1 aromatic carbocycles. The fraction of sp³-hybridized carbons (Fsp3) is 0.278. The highest BCUT2D eigenvalue weighted by atomic mass is 32.2. The van der Waals surface area contributed by atoms with Gasteiger partial charge in [0.2, 0.25) is 10.0 Å². The van der Waals surface area contributed by atoms with Gasteiger partial charge in [0.15, 0.2) is 0 Å². The van der Waals surface area contributed by atoms with Crippen LogP contribution in [0, 0.1) is 18.8 Å². The molecule has 132 valence electrons. The number of benzene rings is 1. The van der Waals surface area contributed by atoms with Gasteiger partial charge in [-0.1, -0.05) is 29.5 Å². The first kappa shape index (κ1) is 19.2. The lowest BCUT2D eigenvalue weighted by molar-refractivity contribution is -0.142. The molecule has 1 N–H and O–H groups in total. The van der Waals surface area contributed by atoms with E-state index in [1.807, 2.05) is 31.2 Å². The minimum atomic E-state index is -3.65. The lowest BCUT2D eigenvalue weighted by atomic mass is 10.1. The zero-order valence-electron chi connectivity index (χ0n) is 14.0. The summed E-state index contributed by atoms with van der Waals surface area (Å²) in [6.45, 7) is 3.98. The van der Waals surface area contributed by atoms with Crippen molar-refractivity contribution in [3.8, 4) is 11.8 Å².